The summed E-state index contributed by atoms with van der Waals surface area (Å²) in [6.07, 6.45) is 0. The van der Waals surface area contributed by atoms with Crippen LogP contribution in [0.5, 0.6) is 0 Å². The lowest BCUT2D eigenvalue weighted by molar-refractivity contribution is 0.185. The summed E-state index contributed by atoms with van der Waals surface area (Å²) < 4.78 is 5.13. The maximum atomic E-state index is 5.13. The van der Waals surface area contributed by atoms with Crippen LogP contribution in [0, 0.1) is 0 Å². The number of hydrogen-bond donors (Lipinski definition) is 1. The average molecular weight is 304 g/mol. The first-order valence-corrected chi connectivity index (χ1v) is 8.06. The molecule has 1 unspecified atom stereocenters. The van der Waals surface area contributed by atoms with Crippen LogP contribution < -0.4 is 5.32 Å². The summed E-state index contributed by atoms with van der Waals surface area (Å²) in [6.45, 7) is 2.52. The number of likely N-dealkylation sites (N-methyl/N-ethyl adjacent to an activating group) is 1. The van der Waals surface area contributed by atoms with Crippen molar-refractivity contribution in [3.05, 3.63) is 57.8 Å². The average Bonchev–Trinajstić information content (AvgIpc) is 2.99. The number of rotatable bonds is 8. The van der Waals surface area contributed by atoms with Crippen molar-refractivity contribution in [2.24, 2.45) is 0 Å². The Balaban J connectivity index is 1.84. The van der Waals surface area contributed by atoms with Gasteiger partial charge in [0.25, 0.3) is 0 Å². The van der Waals surface area contributed by atoms with Crippen LogP contribution in [0.1, 0.15) is 22.0 Å². The third-order valence-electron chi connectivity index (χ3n) is 3.50. The first-order chi connectivity index (χ1) is 10.2. The van der Waals surface area contributed by atoms with Gasteiger partial charge < -0.3 is 15.0 Å². The summed E-state index contributed by atoms with van der Waals surface area (Å²) in [6, 6.07) is 13.3. The molecule has 1 atom stereocenters. The van der Waals surface area contributed by atoms with Crippen LogP contribution >= 0.6 is 11.3 Å². The molecule has 21 heavy (non-hydrogen) atoms. The molecule has 114 valence electrons. The normalized spacial score (nSPS) is 12.8. The minimum Gasteiger partial charge on any atom is -0.380 e. The molecule has 1 N–H and O–H groups in total. The molecule has 0 fully saturated rings. The second-order valence-electron chi connectivity index (χ2n) is 5.38. The van der Waals surface area contributed by atoms with E-state index in [-0.39, 0.29) is 0 Å². The van der Waals surface area contributed by atoms with Crippen LogP contribution in [0.25, 0.3) is 0 Å². The van der Waals surface area contributed by atoms with Gasteiger partial charge in [-0.25, -0.2) is 0 Å². The Bertz CT molecular complexity index is 508. The fraction of sp³-hybridized carbons (Fsp3) is 0.412. The van der Waals surface area contributed by atoms with E-state index in [1.54, 1.807) is 7.11 Å². The summed E-state index contributed by atoms with van der Waals surface area (Å²) in [5.74, 6) is 0. The molecule has 0 aliphatic rings. The van der Waals surface area contributed by atoms with Gasteiger partial charge in [-0.3, -0.25) is 0 Å². The summed E-state index contributed by atoms with van der Waals surface area (Å²) in [7, 11) is 5.98. The fourth-order valence-electron chi connectivity index (χ4n) is 2.29. The Kier molecular flexibility index (Phi) is 6.39. The van der Waals surface area contributed by atoms with Gasteiger partial charge in [-0.1, -0.05) is 30.3 Å². The summed E-state index contributed by atoms with van der Waals surface area (Å²) >= 11 is 1.82. The van der Waals surface area contributed by atoms with Crippen molar-refractivity contribution >= 4 is 11.3 Å². The van der Waals surface area contributed by atoms with Gasteiger partial charge >= 0.3 is 0 Å². The molecule has 0 aliphatic heterocycles. The third-order valence-corrected chi connectivity index (χ3v) is 4.47. The molecule has 0 spiro atoms. The second-order valence-corrected chi connectivity index (χ2v) is 6.35. The molecule has 1 aromatic carbocycles. The molecule has 4 heteroatoms. The summed E-state index contributed by atoms with van der Waals surface area (Å²) in [5.41, 5.74) is 2.52. The minimum atomic E-state index is 0.428. The lowest BCUT2D eigenvalue weighted by Gasteiger charge is -2.23. The Morgan fingerprint density at radius 2 is 1.86 bits per heavy atom. The highest BCUT2D eigenvalue weighted by Crippen LogP contribution is 2.22. The van der Waals surface area contributed by atoms with E-state index in [1.165, 1.54) is 16.0 Å². The molecule has 1 heterocycles. The molecule has 0 radical (unpaired) electrons. The van der Waals surface area contributed by atoms with E-state index in [0.717, 1.165) is 13.1 Å². The molecular formula is C17H24N2OS. The van der Waals surface area contributed by atoms with E-state index in [9.17, 15) is 0 Å². The SMILES string of the molecule is COCc1ccc(CNCC(c2cccs2)N(C)C)cc1. The lowest BCUT2D eigenvalue weighted by atomic mass is 10.1. The van der Waals surface area contributed by atoms with Gasteiger partial charge in [0.05, 0.1) is 12.6 Å². The summed E-state index contributed by atoms with van der Waals surface area (Å²) in [4.78, 5) is 3.67. The van der Waals surface area contributed by atoms with Gasteiger partial charge in [0.1, 0.15) is 0 Å². The number of benzene rings is 1. The number of ether oxygens (including phenoxy) is 1. The van der Waals surface area contributed by atoms with E-state index in [2.05, 4.69) is 66.1 Å². The zero-order valence-electron chi connectivity index (χ0n) is 13.0. The van der Waals surface area contributed by atoms with Crippen molar-refractivity contribution in [1.29, 1.82) is 0 Å². The fourth-order valence-corrected chi connectivity index (χ4v) is 3.21. The summed E-state index contributed by atoms with van der Waals surface area (Å²) in [5, 5.41) is 5.70. The zero-order valence-corrected chi connectivity index (χ0v) is 13.8. The highest BCUT2D eigenvalue weighted by Gasteiger charge is 2.14. The van der Waals surface area contributed by atoms with Crippen LogP contribution in [0.4, 0.5) is 0 Å². The topological polar surface area (TPSA) is 24.5 Å². The molecule has 0 amide bonds. The van der Waals surface area contributed by atoms with E-state index >= 15 is 0 Å². The van der Waals surface area contributed by atoms with Crippen LogP contribution in [-0.4, -0.2) is 32.6 Å². The van der Waals surface area contributed by atoms with Gasteiger partial charge in [0.15, 0.2) is 0 Å². The Labute approximate surface area is 131 Å². The number of methoxy groups -OCH3 is 1. The largest absolute Gasteiger partial charge is 0.380 e. The van der Waals surface area contributed by atoms with Crippen LogP contribution in [0.3, 0.4) is 0 Å². The number of thiophene rings is 1. The molecule has 2 rings (SSSR count). The Hall–Kier alpha value is -1.20. The first kappa shape index (κ1) is 16.2. The van der Waals surface area contributed by atoms with Crippen molar-refractivity contribution in [2.45, 2.75) is 19.2 Å². The van der Waals surface area contributed by atoms with Crippen molar-refractivity contribution in [1.82, 2.24) is 10.2 Å². The monoisotopic (exact) mass is 304 g/mol. The van der Waals surface area contributed by atoms with Crippen LogP contribution in [0.15, 0.2) is 41.8 Å². The molecule has 0 saturated carbocycles. The minimum absolute atomic E-state index is 0.428. The van der Waals surface area contributed by atoms with Crippen molar-refractivity contribution in [3.8, 4) is 0 Å². The second kappa shape index (κ2) is 8.29. The quantitative estimate of drug-likeness (QED) is 0.810. The van der Waals surface area contributed by atoms with Gasteiger partial charge in [-0.05, 0) is 36.7 Å². The van der Waals surface area contributed by atoms with E-state index < -0.39 is 0 Å². The maximum Gasteiger partial charge on any atom is 0.0713 e. The first-order valence-electron chi connectivity index (χ1n) is 7.18. The Morgan fingerprint density at radius 1 is 1.14 bits per heavy atom. The Morgan fingerprint density at radius 3 is 2.43 bits per heavy atom. The van der Waals surface area contributed by atoms with E-state index in [1.807, 2.05) is 11.3 Å². The van der Waals surface area contributed by atoms with Crippen molar-refractivity contribution in [3.63, 3.8) is 0 Å². The van der Waals surface area contributed by atoms with Crippen molar-refractivity contribution in [2.75, 3.05) is 27.7 Å². The zero-order chi connectivity index (χ0) is 15.1. The molecule has 1 aromatic heterocycles. The molecule has 3 nitrogen and oxygen atoms in total. The van der Waals surface area contributed by atoms with E-state index in [0.29, 0.717) is 12.6 Å². The molecule has 2 aromatic rings. The molecular weight excluding hydrogens is 280 g/mol. The predicted octanol–water partition coefficient (Wildman–Crippen LogP) is 3.29. The third kappa shape index (κ3) is 4.93. The highest BCUT2D eigenvalue weighted by molar-refractivity contribution is 7.10. The van der Waals surface area contributed by atoms with Gasteiger partial charge in [0.2, 0.25) is 0 Å². The molecule has 0 aliphatic carbocycles. The highest BCUT2D eigenvalue weighted by atomic mass is 32.1. The number of hydrogen-bond acceptors (Lipinski definition) is 4. The van der Waals surface area contributed by atoms with Gasteiger partial charge in [-0.2, -0.15) is 0 Å². The molecule has 0 saturated heterocycles. The van der Waals surface area contributed by atoms with Gasteiger partial charge in [-0.15, -0.1) is 11.3 Å². The number of nitrogens with one attached hydrogen (secondary N) is 1. The van der Waals surface area contributed by atoms with Crippen LogP contribution in [-0.2, 0) is 17.9 Å². The van der Waals surface area contributed by atoms with E-state index in [4.69, 9.17) is 4.74 Å². The van der Waals surface area contributed by atoms with Crippen LogP contribution in [0.2, 0.25) is 0 Å². The predicted molar refractivity (Wildman–Crippen MR) is 89.6 cm³/mol. The van der Waals surface area contributed by atoms with Crippen molar-refractivity contribution < 1.29 is 4.74 Å². The van der Waals surface area contributed by atoms with Gasteiger partial charge in [0, 0.05) is 25.1 Å². The lowest BCUT2D eigenvalue weighted by Crippen LogP contribution is -2.30. The smallest absolute Gasteiger partial charge is 0.0713 e. The number of nitrogens with zero attached hydrogens (tertiary/aromatic N) is 1. The standard InChI is InChI=1S/C17H24N2OS/c1-19(2)16(17-5-4-10-21-17)12-18-11-14-6-8-15(9-7-14)13-20-3/h4-10,16,18H,11-13H2,1-3H3. The maximum absolute atomic E-state index is 5.13. The molecule has 0 bridgehead atoms.